The minimum atomic E-state index is 0.723. The lowest BCUT2D eigenvalue weighted by atomic mass is 9.67. The predicted molar refractivity (Wildman–Crippen MR) is 86.4 cm³/mol. The first-order valence-corrected chi connectivity index (χ1v) is 9.28. The molecule has 0 saturated heterocycles. The fraction of sp³-hybridized carbons (Fsp3) is 0.842. The Morgan fingerprint density at radius 2 is 1.67 bits per heavy atom. The van der Waals surface area contributed by atoms with Crippen LogP contribution in [-0.4, -0.2) is 9.97 Å². The molecule has 5 unspecified atom stereocenters. The van der Waals surface area contributed by atoms with E-state index in [-0.39, 0.29) is 0 Å². The van der Waals surface area contributed by atoms with Gasteiger partial charge in [-0.15, -0.1) is 0 Å². The molecule has 2 heteroatoms. The van der Waals surface area contributed by atoms with E-state index in [9.17, 15) is 0 Å². The SMILES string of the molecule is CC1Cc2nc(C3CCC4CCCCC4C3)[nH]c2CC1C. The zero-order valence-electron chi connectivity index (χ0n) is 13.7. The Hall–Kier alpha value is -0.790. The fourth-order valence-corrected chi connectivity index (χ4v) is 5.15. The highest BCUT2D eigenvalue weighted by molar-refractivity contribution is 5.21. The van der Waals surface area contributed by atoms with E-state index in [1.165, 1.54) is 75.0 Å². The maximum atomic E-state index is 5.04. The minimum Gasteiger partial charge on any atom is -0.345 e. The van der Waals surface area contributed by atoms with Gasteiger partial charge >= 0.3 is 0 Å². The van der Waals surface area contributed by atoms with Gasteiger partial charge in [-0.2, -0.15) is 0 Å². The number of rotatable bonds is 1. The molecule has 0 aliphatic heterocycles. The summed E-state index contributed by atoms with van der Waals surface area (Å²) in [7, 11) is 0. The van der Waals surface area contributed by atoms with Gasteiger partial charge in [0.2, 0.25) is 0 Å². The van der Waals surface area contributed by atoms with Crippen molar-refractivity contribution in [3.63, 3.8) is 0 Å². The van der Waals surface area contributed by atoms with Gasteiger partial charge in [0, 0.05) is 11.6 Å². The number of fused-ring (bicyclic) bond motifs is 2. The average molecular weight is 286 g/mol. The van der Waals surface area contributed by atoms with Crippen LogP contribution >= 0.6 is 0 Å². The summed E-state index contributed by atoms with van der Waals surface area (Å²) >= 11 is 0. The number of nitrogens with one attached hydrogen (secondary N) is 1. The molecule has 4 rings (SSSR count). The summed E-state index contributed by atoms with van der Waals surface area (Å²) in [5, 5.41) is 0. The van der Waals surface area contributed by atoms with Crippen molar-refractivity contribution in [3.8, 4) is 0 Å². The number of aromatic nitrogens is 2. The molecule has 0 amide bonds. The van der Waals surface area contributed by atoms with Crippen LogP contribution in [0.3, 0.4) is 0 Å². The molecule has 3 aliphatic carbocycles. The molecule has 2 saturated carbocycles. The van der Waals surface area contributed by atoms with Crippen molar-refractivity contribution < 1.29 is 0 Å². The van der Waals surface area contributed by atoms with Crippen LogP contribution in [0.2, 0.25) is 0 Å². The van der Waals surface area contributed by atoms with Crippen LogP contribution in [0.5, 0.6) is 0 Å². The first-order chi connectivity index (χ1) is 10.2. The second-order valence-corrected chi connectivity index (χ2v) is 8.22. The Morgan fingerprint density at radius 1 is 0.905 bits per heavy atom. The molecular formula is C19H30N2. The zero-order valence-corrected chi connectivity index (χ0v) is 13.7. The highest BCUT2D eigenvalue weighted by Crippen LogP contribution is 2.45. The largest absolute Gasteiger partial charge is 0.345 e. The number of hydrogen-bond donors (Lipinski definition) is 1. The molecule has 1 aromatic rings. The summed E-state index contributed by atoms with van der Waals surface area (Å²) in [5.41, 5.74) is 2.85. The van der Waals surface area contributed by atoms with Gasteiger partial charge in [0.15, 0.2) is 0 Å². The van der Waals surface area contributed by atoms with E-state index in [0.717, 1.165) is 29.6 Å². The number of hydrogen-bond acceptors (Lipinski definition) is 1. The van der Waals surface area contributed by atoms with E-state index in [0.29, 0.717) is 0 Å². The molecule has 1 N–H and O–H groups in total. The summed E-state index contributed by atoms with van der Waals surface area (Å²) in [6, 6.07) is 0. The van der Waals surface area contributed by atoms with Crippen molar-refractivity contribution in [3.05, 3.63) is 17.2 Å². The molecular weight excluding hydrogens is 256 g/mol. The maximum Gasteiger partial charge on any atom is 0.109 e. The van der Waals surface area contributed by atoms with Gasteiger partial charge in [-0.05, 0) is 55.8 Å². The van der Waals surface area contributed by atoms with Gasteiger partial charge < -0.3 is 4.98 Å². The lowest BCUT2D eigenvalue weighted by Gasteiger charge is -2.38. The predicted octanol–water partition coefficient (Wildman–Crippen LogP) is 4.85. The highest BCUT2D eigenvalue weighted by atomic mass is 15.0. The van der Waals surface area contributed by atoms with E-state index >= 15 is 0 Å². The lowest BCUT2D eigenvalue weighted by molar-refractivity contribution is 0.153. The molecule has 0 spiro atoms. The lowest BCUT2D eigenvalue weighted by Crippen LogP contribution is -2.27. The Bertz CT molecular complexity index is 476. The quantitative estimate of drug-likeness (QED) is 0.785. The second-order valence-electron chi connectivity index (χ2n) is 8.22. The third kappa shape index (κ3) is 2.55. The molecule has 0 aromatic carbocycles. The number of nitrogens with zero attached hydrogens (tertiary/aromatic N) is 1. The van der Waals surface area contributed by atoms with Gasteiger partial charge in [0.25, 0.3) is 0 Å². The van der Waals surface area contributed by atoms with Crippen LogP contribution in [0.1, 0.15) is 81.9 Å². The normalized spacial score (nSPS) is 39.6. The fourth-order valence-electron chi connectivity index (χ4n) is 5.15. The van der Waals surface area contributed by atoms with E-state index < -0.39 is 0 Å². The Morgan fingerprint density at radius 3 is 2.52 bits per heavy atom. The third-order valence-electron chi connectivity index (χ3n) is 6.82. The second kappa shape index (κ2) is 5.44. The van der Waals surface area contributed by atoms with Crippen LogP contribution < -0.4 is 0 Å². The van der Waals surface area contributed by atoms with Gasteiger partial charge in [-0.3, -0.25) is 0 Å². The first-order valence-electron chi connectivity index (χ1n) is 9.28. The monoisotopic (exact) mass is 286 g/mol. The van der Waals surface area contributed by atoms with E-state index in [1.807, 2.05) is 0 Å². The van der Waals surface area contributed by atoms with Crippen molar-refractivity contribution in [2.75, 3.05) is 0 Å². The molecule has 0 bridgehead atoms. The summed E-state index contributed by atoms with van der Waals surface area (Å²) < 4.78 is 0. The van der Waals surface area contributed by atoms with Gasteiger partial charge in [0.05, 0.1) is 5.69 Å². The van der Waals surface area contributed by atoms with Crippen LogP contribution in [0.4, 0.5) is 0 Å². The van der Waals surface area contributed by atoms with Gasteiger partial charge in [-0.1, -0.05) is 39.5 Å². The third-order valence-corrected chi connectivity index (χ3v) is 6.82. The molecule has 1 heterocycles. The molecule has 116 valence electrons. The molecule has 1 aromatic heterocycles. The molecule has 3 aliphatic rings. The maximum absolute atomic E-state index is 5.04. The van der Waals surface area contributed by atoms with E-state index in [4.69, 9.17) is 4.98 Å². The van der Waals surface area contributed by atoms with Crippen LogP contribution in [0, 0.1) is 23.7 Å². The van der Waals surface area contributed by atoms with Gasteiger partial charge in [0.1, 0.15) is 5.82 Å². The number of imidazole rings is 1. The Kier molecular flexibility index (Phi) is 3.59. The molecule has 2 fully saturated rings. The highest BCUT2D eigenvalue weighted by Gasteiger charge is 2.35. The van der Waals surface area contributed by atoms with Crippen molar-refractivity contribution in [2.45, 2.75) is 77.6 Å². The van der Waals surface area contributed by atoms with E-state index in [1.54, 1.807) is 0 Å². The van der Waals surface area contributed by atoms with Crippen molar-refractivity contribution in [1.82, 2.24) is 9.97 Å². The van der Waals surface area contributed by atoms with Crippen LogP contribution in [-0.2, 0) is 12.8 Å². The minimum absolute atomic E-state index is 0.723. The molecule has 5 atom stereocenters. The average Bonchev–Trinajstić information content (AvgIpc) is 2.90. The zero-order chi connectivity index (χ0) is 14.4. The number of aromatic amines is 1. The Balaban J connectivity index is 1.51. The van der Waals surface area contributed by atoms with Crippen molar-refractivity contribution >= 4 is 0 Å². The first kappa shape index (κ1) is 13.8. The summed E-state index contributed by atoms with van der Waals surface area (Å²) in [4.78, 5) is 8.78. The topological polar surface area (TPSA) is 28.7 Å². The van der Waals surface area contributed by atoms with Crippen LogP contribution in [0.25, 0.3) is 0 Å². The summed E-state index contributed by atoms with van der Waals surface area (Å²) in [6.07, 6.45) is 12.6. The standard InChI is InChI=1S/C19H30N2/c1-12-9-17-18(10-13(12)2)21-19(20-17)16-8-7-14-5-3-4-6-15(14)11-16/h12-16H,3-11H2,1-2H3,(H,20,21). The molecule has 2 nitrogen and oxygen atoms in total. The van der Waals surface area contributed by atoms with E-state index in [2.05, 4.69) is 18.8 Å². The molecule has 0 radical (unpaired) electrons. The summed E-state index contributed by atoms with van der Waals surface area (Å²) in [5.74, 6) is 5.70. The summed E-state index contributed by atoms with van der Waals surface area (Å²) in [6.45, 7) is 4.77. The Labute approximate surface area is 129 Å². The smallest absolute Gasteiger partial charge is 0.109 e. The molecule has 21 heavy (non-hydrogen) atoms. The number of H-pyrrole nitrogens is 1. The van der Waals surface area contributed by atoms with Crippen LogP contribution in [0.15, 0.2) is 0 Å². The van der Waals surface area contributed by atoms with Crippen molar-refractivity contribution in [2.24, 2.45) is 23.7 Å². The van der Waals surface area contributed by atoms with Crippen molar-refractivity contribution in [1.29, 1.82) is 0 Å². The van der Waals surface area contributed by atoms with Gasteiger partial charge in [-0.25, -0.2) is 4.98 Å².